The van der Waals surface area contributed by atoms with E-state index in [0.717, 1.165) is 45.7 Å². The van der Waals surface area contributed by atoms with Crippen molar-refractivity contribution in [1.29, 1.82) is 0 Å². The molecule has 2 aromatic heterocycles. The van der Waals surface area contributed by atoms with Gasteiger partial charge in [0.25, 0.3) is 0 Å². The summed E-state index contributed by atoms with van der Waals surface area (Å²) in [5, 5.41) is 6.48. The van der Waals surface area contributed by atoms with Crippen LogP contribution in [0.2, 0.25) is 10.0 Å². The molecule has 1 aliphatic carbocycles. The Morgan fingerprint density at radius 1 is 1.38 bits per heavy atom. The number of fused-ring (bicyclic) bond motifs is 3. The van der Waals surface area contributed by atoms with Crippen LogP contribution in [-0.4, -0.2) is 21.9 Å². The van der Waals surface area contributed by atoms with Crippen LogP contribution in [0.25, 0.3) is 10.9 Å². The number of H-pyrrole nitrogens is 1. The largest absolute Gasteiger partial charge is 0.358 e. The minimum absolute atomic E-state index is 0.0285. The van der Waals surface area contributed by atoms with Gasteiger partial charge in [0.05, 0.1) is 22.1 Å². The van der Waals surface area contributed by atoms with Gasteiger partial charge in [-0.1, -0.05) is 23.2 Å². The summed E-state index contributed by atoms with van der Waals surface area (Å²) in [5.41, 5.74) is 4.24. The molecule has 0 spiro atoms. The number of carbonyl (C=O) groups is 1. The summed E-state index contributed by atoms with van der Waals surface area (Å²) in [7, 11) is 0. The van der Waals surface area contributed by atoms with Crippen LogP contribution in [0, 0.1) is 13.8 Å². The molecule has 136 valence electrons. The number of hydrogen-bond donors (Lipinski definition) is 2. The molecule has 1 amide bonds. The van der Waals surface area contributed by atoms with Crippen LogP contribution in [0.1, 0.15) is 33.3 Å². The van der Waals surface area contributed by atoms with Gasteiger partial charge in [0, 0.05) is 32.5 Å². The van der Waals surface area contributed by atoms with Crippen LogP contribution >= 0.6 is 34.5 Å². The van der Waals surface area contributed by atoms with Crippen LogP contribution in [-0.2, 0) is 24.1 Å². The highest BCUT2D eigenvalue weighted by Gasteiger charge is 2.25. The minimum atomic E-state index is 0.0285. The minimum Gasteiger partial charge on any atom is -0.358 e. The van der Waals surface area contributed by atoms with E-state index < -0.39 is 0 Å². The first-order valence-electron chi connectivity index (χ1n) is 8.61. The quantitative estimate of drug-likeness (QED) is 0.656. The van der Waals surface area contributed by atoms with Gasteiger partial charge in [-0.25, -0.2) is 4.98 Å². The van der Waals surface area contributed by atoms with Gasteiger partial charge in [-0.3, -0.25) is 4.79 Å². The average molecular weight is 408 g/mol. The predicted octanol–water partition coefficient (Wildman–Crippen LogP) is 4.76. The van der Waals surface area contributed by atoms with E-state index in [9.17, 15) is 4.79 Å². The number of aromatic nitrogens is 2. The molecular formula is C19H19Cl2N3OS. The molecule has 2 N–H and O–H groups in total. The second kappa shape index (κ2) is 6.87. The van der Waals surface area contributed by atoms with E-state index >= 15 is 0 Å². The Bertz CT molecular complexity index is 1010. The topological polar surface area (TPSA) is 57.8 Å². The zero-order chi connectivity index (χ0) is 18.4. The molecule has 0 fully saturated rings. The summed E-state index contributed by atoms with van der Waals surface area (Å²) in [6.45, 7) is 3.98. The molecule has 0 bridgehead atoms. The van der Waals surface area contributed by atoms with Gasteiger partial charge in [0.15, 0.2) is 0 Å². The fourth-order valence-corrected chi connectivity index (χ4v) is 5.21. The van der Waals surface area contributed by atoms with Gasteiger partial charge in [0.2, 0.25) is 5.91 Å². The van der Waals surface area contributed by atoms with Crippen LogP contribution in [0.15, 0.2) is 12.1 Å². The van der Waals surface area contributed by atoms with Crippen LogP contribution in [0.3, 0.4) is 0 Å². The van der Waals surface area contributed by atoms with E-state index in [0.29, 0.717) is 16.5 Å². The van der Waals surface area contributed by atoms with Crippen molar-refractivity contribution in [1.82, 2.24) is 15.3 Å². The van der Waals surface area contributed by atoms with Crippen molar-refractivity contribution in [3.63, 3.8) is 0 Å². The number of aryl methyl sites for hydroxylation is 3. The summed E-state index contributed by atoms with van der Waals surface area (Å²) in [6.07, 6.45) is 2.91. The Morgan fingerprint density at radius 2 is 2.19 bits per heavy atom. The molecule has 1 atom stereocenters. The third-order valence-electron chi connectivity index (χ3n) is 4.89. The number of thiazole rings is 1. The number of aromatic amines is 1. The highest BCUT2D eigenvalue weighted by molar-refractivity contribution is 7.11. The fourth-order valence-electron chi connectivity index (χ4n) is 3.76. The van der Waals surface area contributed by atoms with Gasteiger partial charge in [-0.2, -0.15) is 0 Å². The van der Waals surface area contributed by atoms with Gasteiger partial charge in [-0.05, 0) is 50.8 Å². The molecule has 2 heterocycles. The van der Waals surface area contributed by atoms with Gasteiger partial charge in [-0.15, -0.1) is 11.3 Å². The van der Waals surface area contributed by atoms with Gasteiger partial charge >= 0.3 is 0 Å². The molecule has 0 aliphatic heterocycles. The van der Waals surface area contributed by atoms with Crippen molar-refractivity contribution in [2.24, 2.45) is 0 Å². The highest BCUT2D eigenvalue weighted by atomic mass is 35.5. The molecule has 0 saturated carbocycles. The lowest BCUT2D eigenvalue weighted by atomic mass is 9.91. The number of nitrogens with zero attached hydrogens (tertiary/aromatic N) is 1. The fraction of sp³-hybridized carbons (Fsp3) is 0.368. The molecule has 1 aromatic carbocycles. The normalized spacial score (nSPS) is 16.7. The second-order valence-corrected chi connectivity index (χ2v) is 9.06. The molecule has 7 heteroatoms. The Kier molecular flexibility index (Phi) is 4.71. The third kappa shape index (κ3) is 3.36. The van der Waals surface area contributed by atoms with Crippen LogP contribution < -0.4 is 5.32 Å². The highest BCUT2D eigenvalue weighted by Crippen LogP contribution is 2.35. The number of hydrogen-bond acceptors (Lipinski definition) is 3. The molecule has 3 aromatic rings. The van der Waals surface area contributed by atoms with E-state index in [1.54, 1.807) is 17.4 Å². The molecule has 4 rings (SSSR count). The number of nitrogens with one attached hydrogen (secondary N) is 2. The number of carbonyl (C=O) groups excluding carboxylic acids is 1. The van der Waals surface area contributed by atoms with Crippen molar-refractivity contribution < 1.29 is 4.79 Å². The zero-order valence-corrected chi connectivity index (χ0v) is 16.9. The lowest BCUT2D eigenvalue weighted by Gasteiger charge is -2.23. The van der Waals surface area contributed by atoms with Crippen molar-refractivity contribution >= 4 is 51.3 Å². The maximum atomic E-state index is 12.5. The first kappa shape index (κ1) is 17.8. The van der Waals surface area contributed by atoms with E-state index in [-0.39, 0.29) is 11.9 Å². The van der Waals surface area contributed by atoms with Crippen molar-refractivity contribution in [3.8, 4) is 0 Å². The first-order chi connectivity index (χ1) is 12.4. The lowest BCUT2D eigenvalue weighted by molar-refractivity contribution is -0.121. The SMILES string of the molecule is Cc1nc(CC(=O)N[C@H]2CCc3[nH]c4cc(Cl)cc(Cl)c4c3C2)c(C)s1. The monoisotopic (exact) mass is 407 g/mol. The lowest BCUT2D eigenvalue weighted by Crippen LogP contribution is -2.39. The van der Waals surface area contributed by atoms with E-state index in [1.807, 2.05) is 19.9 Å². The third-order valence-corrected chi connectivity index (χ3v) is 6.34. The van der Waals surface area contributed by atoms with E-state index in [4.69, 9.17) is 23.2 Å². The maximum Gasteiger partial charge on any atom is 0.226 e. The Labute approximate surface area is 165 Å². The number of rotatable bonds is 3. The van der Waals surface area contributed by atoms with Gasteiger partial charge in [0.1, 0.15) is 0 Å². The van der Waals surface area contributed by atoms with Crippen LogP contribution in [0.5, 0.6) is 0 Å². The molecule has 26 heavy (non-hydrogen) atoms. The average Bonchev–Trinajstić information content (AvgIpc) is 3.06. The van der Waals surface area contributed by atoms with Crippen molar-refractivity contribution in [3.05, 3.63) is 49.0 Å². The molecular weight excluding hydrogens is 389 g/mol. The maximum absolute atomic E-state index is 12.5. The number of amides is 1. The first-order valence-corrected chi connectivity index (χ1v) is 10.2. The molecule has 0 radical (unpaired) electrons. The summed E-state index contributed by atoms with van der Waals surface area (Å²) < 4.78 is 0. The van der Waals surface area contributed by atoms with Crippen molar-refractivity contribution in [2.75, 3.05) is 0 Å². The van der Waals surface area contributed by atoms with Crippen molar-refractivity contribution in [2.45, 2.75) is 45.6 Å². The second-order valence-electron chi connectivity index (χ2n) is 6.81. The summed E-state index contributed by atoms with van der Waals surface area (Å²) >= 11 is 14.2. The molecule has 1 aliphatic rings. The number of halogens is 2. The Balaban J connectivity index is 1.51. The molecule has 4 nitrogen and oxygen atoms in total. The molecule has 0 saturated heterocycles. The summed E-state index contributed by atoms with van der Waals surface area (Å²) in [6, 6.07) is 3.79. The Morgan fingerprint density at radius 3 is 2.92 bits per heavy atom. The Hall–Kier alpha value is -1.56. The van der Waals surface area contributed by atoms with Crippen LogP contribution in [0.4, 0.5) is 0 Å². The predicted molar refractivity (Wildman–Crippen MR) is 108 cm³/mol. The summed E-state index contributed by atoms with van der Waals surface area (Å²) in [5.74, 6) is 0.0285. The van der Waals surface area contributed by atoms with Gasteiger partial charge < -0.3 is 10.3 Å². The smallest absolute Gasteiger partial charge is 0.226 e. The van der Waals surface area contributed by atoms with E-state index in [1.165, 1.54) is 11.3 Å². The zero-order valence-electron chi connectivity index (χ0n) is 14.6. The standard InChI is InChI=1S/C19H19Cl2N3OS/c1-9-16(22-10(2)26-9)8-18(25)23-12-3-4-15-13(7-12)19-14(21)5-11(20)6-17(19)24-15/h5-6,12,24H,3-4,7-8H2,1-2H3,(H,23,25)/t12-/m0/s1. The molecule has 0 unspecified atom stereocenters. The van der Waals surface area contributed by atoms with E-state index in [2.05, 4.69) is 15.3 Å². The summed E-state index contributed by atoms with van der Waals surface area (Å²) in [4.78, 5) is 21.5. The number of benzene rings is 1.